The minimum Gasteiger partial charge on any atom is -0.396 e. The second-order valence-electron chi connectivity index (χ2n) is 6.00. The maximum absolute atomic E-state index is 9.09. The van der Waals surface area contributed by atoms with Crippen LogP contribution in [0, 0.1) is 12.8 Å². The van der Waals surface area contributed by atoms with Crippen molar-refractivity contribution in [1.29, 1.82) is 0 Å². The largest absolute Gasteiger partial charge is 0.396 e. The van der Waals surface area contributed by atoms with Crippen molar-refractivity contribution in [3.8, 4) is 0 Å². The maximum Gasteiger partial charge on any atom is 0.191 e. The lowest BCUT2D eigenvalue weighted by atomic mass is 10.1. The van der Waals surface area contributed by atoms with Crippen molar-refractivity contribution in [1.82, 2.24) is 15.6 Å². The first-order chi connectivity index (χ1) is 11.2. The van der Waals surface area contributed by atoms with E-state index in [1.807, 2.05) is 6.92 Å². The number of guanidine groups is 1. The van der Waals surface area contributed by atoms with Crippen LogP contribution in [0.2, 0.25) is 0 Å². The predicted octanol–water partition coefficient (Wildman–Crippen LogP) is 2.20. The standard InChI is InChI=1S/C18H28N4O/c1-4-19-18(22-10-13(2)12-23)20-9-8-15-11-21-16-7-5-6-14(3)17(15)16/h5-7,11,13,21,23H,4,8-10,12H2,1-3H3,(H2,19,20,22). The second kappa shape index (κ2) is 8.58. The highest BCUT2D eigenvalue weighted by Crippen LogP contribution is 2.22. The van der Waals surface area contributed by atoms with Crippen LogP contribution in [0.3, 0.4) is 0 Å². The van der Waals surface area contributed by atoms with Crippen molar-refractivity contribution in [2.24, 2.45) is 10.9 Å². The SMILES string of the molecule is CCNC(=NCC(C)CO)NCCc1c[nH]c2cccc(C)c12. The topological polar surface area (TPSA) is 72.4 Å². The molecule has 2 aromatic rings. The summed E-state index contributed by atoms with van der Waals surface area (Å²) in [5.74, 6) is 0.992. The molecule has 0 amide bonds. The molecule has 1 heterocycles. The Kier molecular flexibility index (Phi) is 6.47. The first-order valence-electron chi connectivity index (χ1n) is 8.34. The number of hydrogen-bond donors (Lipinski definition) is 4. The Labute approximate surface area is 138 Å². The van der Waals surface area contributed by atoms with Crippen molar-refractivity contribution >= 4 is 16.9 Å². The Bertz CT molecular complexity index is 648. The zero-order valence-electron chi connectivity index (χ0n) is 14.3. The molecule has 1 atom stereocenters. The Morgan fingerprint density at radius 2 is 2.17 bits per heavy atom. The molecular formula is C18H28N4O. The summed E-state index contributed by atoms with van der Waals surface area (Å²) in [5, 5.41) is 17.0. The van der Waals surface area contributed by atoms with Gasteiger partial charge in [-0.1, -0.05) is 19.1 Å². The summed E-state index contributed by atoms with van der Waals surface area (Å²) in [7, 11) is 0. The van der Waals surface area contributed by atoms with Crippen molar-refractivity contribution in [3.63, 3.8) is 0 Å². The Balaban J connectivity index is 1.96. The molecule has 0 aliphatic heterocycles. The van der Waals surface area contributed by atoms with Crippen LogP contribution in [-0.4, -0.2) is 42.3 Å². The van der Waals surface area contributed by atoms with Crippen LogP contribution in [0.25, 0.3) is 10.9 Å². The normalized spacial score (nSPS) is 13.3. The van der Waals surface area contributed by atoms with E-state index in [4.69, 9.17) is 5.11 Å². The third-order valence-electron chi connectivity index (χ3n) is 3.90. The number of benzene rings is 1. The van der Waals surface area contributed by atoms with Crippen LogP contribution in [0.5, 0.6) is 0 Å². The molecule has 4 N–H and O–H groups in total. The highest BCUT2D eigenvalue weighted by Gasteiger charge is 2.06. The van der Waals surface area contributed by atoms with Gasteiger partial charge in [0.25, 0.3) is 0 Å². The summed E-state index contributed by atoms with van der Waals surface area (Å²) < 4.78 is 0. The number of hydrogen-bond acceptors (Lipinski definition) is 2. The summed E-state index contributed by atoms with van der Waals surface area (Å²) in [6, 6.07) is 6.34. The fraction of sp³-hybridized carbons (Fsp3) is 0.500. The molecule has 0 fully saturated rings. The minimum atomic E-state index is 0.164. The van der Waals surface area contributed by atoms with E-state index in [0.717, 1.165) is 25.5 Å². The van der Waals surface area contributed by atoms with Crippen molar-refractivity contribution in [2.75, 3.05) is 26.2 Å². The van der Waals surface area contributed by atoms with Gasteiger partial charge in [0, 0.05) is 43.3 Å². The smallest absolute Gasteiger partial charge is 0.191 e. The van der Waals surface area contributed by atoms with E-state index in [9.17, 15) is 0 Å². The van der Waals surface area contributed by atoms with E-state index in [1.54, 1.807) is 0 Å². The molecule has 1 aromatic carbocycles. The van der Waals surface area contributed by atoms with Crippen LogP contribution < -0.4 is 10.6 Å². The summed E-state index contributed by atoms with van der Waals surface area (Å²) in [6.07, 6.45) is 3.03. The van der Waals surface area contributed by atoms with E-state index in [-0.39, 0.29) is 12.5 Å². The number of nitrogens with zero attached hydrogens (tertiary/aromatic N) is 1. The molecule has 126 valence electrons. The second-order valence-corrected chi connectivity index (χ2v) is 6.00. The summed E-state index contributed by atoms with van der Waals surface area (Å²) >= 11 is 0. The first-order valence-corrected chi connectivity index (χ1v) is 8.34. The van der Waals surface area contributed by atoms with Crippen LogP contribution in [-0.2, 0) is 6.42 Å². The van der Waals surface area contributed by atoms with Gasteiger partial charge in [0.1, 0.15) is 0 Å². The Morgan fingerprint density at radius 1 is 1.35 bits per heavy atom. The quantitative estimate of drug-likeness (QED) is 0.467. The van der Waals surface area contributed by atoms with Crippen LogP contribution in [0.4, 0.5) is 0 Å². The molecule has 0 saturated carbocycles. The zero-order chi connectivity index (χ0) is 16.7. The number of aryl methyl sites for hydroxylation is 1. The molecule has 0 saturated heterocycles. The molecule has 2 rings (SSSR count). The van der Waals surface area contributed by atoms with E-state index in [1.165, 1.54) is 22.0 Å². The number of rotatable bonds is 7. The predicted molar refractivity (Wildman–Crippen MR) is 97.0 cm³/mol. The van der Waals surface area contributed by atoms with Gasteiger partial charge in [-0.2, -0.15) is 0 Å². The number of aliphatic imine (C=N–C) groups is 1. The number of aliphatic hydroxyl groups excluding tert-OH is 1. The summed E-state index contributed by atoms with van der Waals surface area (Å²) in [5.41, 5.74) is 3.82. The van der Waals surface area contributed by atoms with Crippen LogP contribution in [0.1, 0.15) is 25.0 Å². The molecule has 23 heavy (non-hydrogen) atoms. The van der Waals surface area contributed by atoms with Gasteiger partial charge in [-0.3, -0.25) is 4.99 Å². The van der Waals surface area contributed by atoms with Crippen molar-refractivity contribution < 1.29 is 5.11 Å². The maximum atomic E-state index is 9.09. The molecule has 1 unspecified atom stereocenters. The molecule has 0 aliphatic rings. The number of aliphatic hydroxyl groups is 1. The lowest BCUT2D eigenvalue weighted by Gasteiger charge is -2.12. The average Bonchev–Trinajstić information content (AvgIpc) is 2.97. The molecule has 0 aliphatic carbocycles. The fourth-order valence-corrected chi connectivity index (χ4v) is 2.61. The Hall–Kier alpha value is -2.01. The molecule has 5 heteroatoms. The monoisotopic (exact) mass is 316 g/mol. The number of fused-ring (bicyclic) bond motifs is 1. The number of H-pyrrole nitrogens is 1. The highest BCUT2D eigenvalue weighted by molar-refractivity contribution is 5.86. The molecule has 1 aromatic heterocycles. The van der Waals surface area contributed by atoms with Gasteiger partial charge in [-0.15, -0.1) is 0 Å². The van der Waals surface area contributed by atoms with Gasteiger partial charge in [0.15, 0.2) is 5.96 Å². The third kappa shape index (κ3) is 4.73. The van der Waals surface area contributed by atoms with Crippen molar-refractivity contribution in [3.05, 3.63) is 35.5 Å². The van der Waals surface area contributed by atoms with Crippen molar-refractivity contribution in [2.45, 2.75) is 27.2 Å². The van der Waals surface area contributed by atoms with Gasteiger partial charge < -0.3 is 20.7 Å². The number of aromatic amines is 1. The average molecular weight is 316 g/mol. The van der Waals surface area contributed by atoms with E-state index < -0.39 is 0 Å². The van der Waals surface area contributed by atoms with Gasteiger partial charge in [0.2, 0.25) is 0 Å². The number of nitrogens with one attached hydrogen (secondary N) is 3. The molecule has 0 spiro atoms. The number of aromatic nitrogens is 1. The highest BCUT2D eigenvalue weighted by atomic mass is 16.3. The first kappa shape index (κ1) is 17.3. The van der Waals surface area contributed by atoms with Crippen LogP contribution >= 0.6 is 0 Å². The summed E-state index contributed by atoms with van der Waals surface area (Å²) in [6.45, 7) is 8.62. The van der Waals surface area contributed by atoms with Gasteiger partial charge in [0.05, 0.1) is 0 Å². The zero-order valence-corrected chi connectivity index (χ0v) is 14.3. The van der Waals surface area contributed by atoms with Gasteiger partial charge in [-0.05, 0) is 43.4 Å². The summed E-state index contributed by atoms with van der Waals surface area (Å²) in [4.78, 5) is 7.85. The lowest BCUT2D eigenvalue weighted by Crippen LogP contribution is -2.38. The van der Waals surface area contributed by atoms with E-state index in [2.05, 4.69) is 58.9 Å². The molecular weight excluding hydrogens is 288 g/mol. The fourth-order valence-electron chi connectivity index (χ4n) is 2.61. The minimum absolute atomic E-state index is 0.164. The lowest BCUT2D eigenvalue weighted by molar-refractivity contribution is 0.241. The Morgan fingerprint density at radius 3 is 2.91 bits per heavy atom. The molecule has 5 nitrogen and oxygen atoms in total. The third-order valence-corrected chi connectivity index (χ3v) is 3.90. The molecule has 0 radical (unpaired) electrons. The van der Waals surface area contributed by atoms with Gasteiger partial charge >= 0.3 is 0 Å². The molecule has 0 bridgehead atoms. The van der Waals surface area contributed by atoms with Crippen LogP contribution in [0.15, 0.2) is 29.4 Å². The van der Waals surface area contributed by atoms with E-state index >= 15 is 0 Å². The van der Waals surface area contributed by atoms with E-state index in [0.29, 0.717) is 6.54 Å². The van der Waals surface area contributed by atoms with Gasteiger partial charge in [-0.25, -0.2) is 0 Å².